The molecule has 0 heterocycles. The minimum atomic E-state index is 0.349. The van der Waals surface area contributed by atoms with Gasteiger partial charge in [0.1, 0.15) is 0 Å². The van der Waals surface area contributed by atoms with Gasteiger partial charge in [-0.25, -0.2) is 0 Å². The van der Waals surface area contributed by atoms with E-state index in [1.165, 1.54) is 19.3 Å². The highest BCUT2D eigenvalue weighted by molar-refractivity contribution is 14.1. The first kappa shape index (κ1) is 13.8. The standard InChI is InChI=1S/C13H25IO/c1-10(6-8-15)11-5-7-13(4,9-11)12(2,3)14/h10-11,15H,5-9H2,1-4H3. The maximum absolute atomic E-state index is 8.99. The predicted molar refractivity (Wildman–Crippen MR) is 74.4 cm³/mol. The molecule has 0 amide bonds. The Morgan fingerprint density at radius 3 is 2.53 bits per heavy atom. The van der Waals surface area contributed by atoms with E-state index in [1.807, 2.05) is 0 Å². The van der Waals surface area contributed by atoms with Crippen LogP contribution in [-0.4, -0.2) is 15.1 Å². The van der Waals surface area contributed by atoms with Gasteiger partial charge in [0.25, 0.3) is 0 Å². The summed E-state index contributed by atoms with van der Waals surface area (Å²) in [5.74, 6) is 1.52. The van der Waals surface area contributed by atoms with E-state index < -0.39 is 0 Å². The fourth-order valence-electron chi connectivity index (χ4n) is 2.75. The van der Waals surface area contributed by atoms with E-state index in [0.29, 0.717) is 21.4 Å². The van der Waals surface area contributed by atoms with Crippen LogP contribution in [0, 0.1) is 17.3 Å². The molecule has 0 aromatic heterocycles. The zero-order valence-electron chi connectivity index (χ0n) is 10.5. The van der Waals surface area contributed by atoms with Crippen LogP contribution < -0.4 is 0 Å². The molecule has 90 valence electrons. The maximum atomic E-state index is 8.99. The number of aliphatic hydroxyl groups excluding tert-OH is 1. The van der Waals surface area contributed by atoms with Gasteiger partial charge >= 0.3 is 0 Å². The lowest BCUT2D eigenvalue weighted by Crippen LogP contribution is -2.33. The van der Waals surface area contributed by atoms with Crippen LogP contribution in [0.25, 0.3) is 0 Å². The Hall–Kier alpha value is 0.690. The molecule has 1 aliphatic carbocycles. The number of halogens is 1. The van der Waals surface area contributed by atoms with Gasteiger partial charge in [0.2, 0.25) is 0 Å². The lowest BCUT2D eigenvalue weighted by molar-refractivity contribution is 0.208. The van der Waals surface area contributed by atoms with Crippen molar-refractivity contribution >= 4 is 22.6 Å². The average Bonchev–Trinajstić information content (AvgIpc) is 2.48. The quantitative estimate of drug-likeness (QED) is 0.612. The molecule has 3 unspecified atom stereocenters. The predicted octanol–water partition coefficient (Wildman–Crippen LogP) is 4.02. The third-order valence-corrected chi connectivity index (χ3v) is 5.91. The fourth-order valence-corrected chi connectivity index (χ4v) is 3.24. The van der Waals surface area contributed by atoms with Crippen molar-refractivity contribution in [1.82, 2.24) is 0 Å². The Balaban J connectivity index is 2.59. The minimum Gasteiger partial charge on any atom is -0.396 e. The SMILES string of the molecule is CC(CCO)C1CCC(C)(C(C)(C)I)C1. The highest BCUT2D eigenvalue weighted by atomic mass is 127. The second kappa shape index (κ2) is 4.91. The van der Waals surface area contributed by atoms with Crippen molar-refractivity contribution in [2.75, 3.05) is 6.61 Å². The van der Waals surface area contributed by atoms with Crippen LogP contribution in [0.15, 0.2) is 0 Å². The maximum Gasteiger partial charge on any atom is 0.0433 e. The molecule has 0 aliphatic heterocycles. The molecule has 1 saturated carbocycles. The fraction of sp³-hybridized carbons (Fsp3) is 1.00. The topological polar surface area (TPSA) is 20.2 Å². The molecular weight excluding hydrogens is 299 g/mol. The molecule has 0 spiro atoms. The molecule has 0 aromatic carbocycles. The van der Waals surface area contributed by atoms with Crippen molar-refractivity contribution in [1.29, 1.82) is 0 Å². The van der Waals surface area contributed by atoms with Gasteiger partial charge in [-0.15, -0.1) is 0 Å². The molecule has 1 nitrogen and oxygen atoms in total. The van der Waals surface area contributed by atoms with Crippen molar-refractivity contribution in [3.8, 4) is 0 Å². The van der Waals surface area contributed by atoms with Crippen LogP contribution in [0.5, 0.6) is 0 Å². The first-order valence-corrected chi connectivity index (χ1v) is 7.18. The summed E-state index contributed by atoms with van der Waals surface area (Å²) in [5, 5.41) is 8.99. The van der Waals surface area contributed by atoms with E-state index in [9.17, 15) is 0 Å². The van der Waals surface area contributed by atoms with Crippen LogP contribution in [0.3, 0.4) is 0 Å². The molecule has 2 heteroatoms. The Labute approximate surface area is 108 Å². The van der Waals surface area contributed by atoms with Crippen molar-refractivity contribution < 1.29 is 5.11 Å². The first-order chi connectivity index (χ1) is 6.80. The van der Waals surface area contributed by atoms with Crippen LogP contribution in [0.4, 0.5) is 0 Å². The molecule has 1 rings (SSSR count). The normalized spacial score (nSPS) is 34.4. The molecule has 1 N–H and O–H groups in total. The summed E-state index contributed by atoms with van der Waals surface area (Å²) in [6.45, 7) is 9.79. The van der Waals surface area contributed by atoms with Gasteiger partial charge < -0.3 is 5.11 Å². The van der Waals surface area contributed by atoms with Gasteiger partial charge in [-0.05, 0) is 42.9 Å². The van der Waals surface area contributed by atoms with Gasteiger partial charge in [-0.1, -0.05) is 50.3 Å². The largest absolute Gasteiger partial charge is 0.396 e. The molecule has 0 saturated heterocycles. The van der Waals surface area contributed by atoms with Crippen molar-refractivity contribution in [3.63, 3.8) is 0 Å². The number of hydrogen-bond donors (Lipinski definition) is 1. The Morgan fingerprint density at radius 2 is 2.13 bits per heavy atom. The first-order valence-electron chi connectivity index (χ1n) is 6.10. The van der Waals surface area contributed by atoms with Gasteiger partial charge in [0.15, 0.2) is 0 Å². The molecule has 3 atom stereocenters. The molecule has 15 heavy (non-hydrogen) atoms. The lowest BCUT2D eigenvalue weighted by atomic mass is 9.76. The minimum absolute atomic E-state index is 0.349. The summed E-state index contributed by atoms with van der Waals surface area (Å²) in [5.41, 5.74) is 0.488. The van der Waals surface area contributed by atoms with Gasteiger partial charge in [-0.3, -0.25) is 0 Å². The summed E-state index contributed by atoms with van der Waals surface area (Å²) >= 11 is 2.60. The smallest absolute Gasteiger partial charge is 0.0433 e. The van der Waals surface area contributed by atoms with Crippen LogP contribution >= 0.6 is 22.6 Å². The zero-order valence-corrected chi connectivity index (χ0v) is 12.7. The Bertz CT molecular complexity index is 209. The van der Waals surface area contributed by atoms with Crippen LogP contribution in [-0.2, 0) is 0 Å². The molecule has 0 radical (unpaired) electrons. The summed E-state index contributed by atoms with van der Waals surface area (Å²) in [6.07, 6.45) is 5.01. The molecule has 0 aromatic rings. The number of aliphatic hydroxyl groups is 1. The van der Waals surface area contributed by atoms with E-state index >= 15 is 0 Å². The number of alkyl halides is 1. The van der Waals surface area contributed by atoms with E-state index in [4.69, 9.17) is 5.11 Å². The van der Waals surface area contributed by atoms with Gasteiger partial charge in [0, 0.05) is 10.0 Å². The zero-order chi connectivity index (χ0) is 11.7. The lowest BCUT2D eigenvalue weighted by Gasteiger charge is -2.37. The van der Waals surface area contributed by atoms with Gasteiger partial charge in [0.05, 0.1) is 0 Å². The third-order valence-electron chi connectivity index (χ3n) is 4.60. The van der Waals surface area contributed by atoms with Crippen molar-refractivity contribution in [2.24, 2.45) is 17.3 Å². The monoisotopic (exact) mass is 324 g/mol. The highest BCUT2D eigenvalue weighted by Crippen LogP contribution is 2.54. The third kappa shape index (κ3) is 3.09. The van der Waals surface area contributed by atoms with E-state index in [1.54, 1.807) is 0 Å². The Morgan fingerprint density at radius 1 is 1.53 bits per heavy atom. The molecule has 1 aliphatic rings. The molecule has 1 fully saturated rings. The van der Waals surface area contributed by atoms with E-state index in [0.717, 1.165) is 12.3 Å². The summed E-state index contributed by atoms with van der Waals surface area (Å²) in [6, 6.07) is 0. The molecular formula is C13H25IO. The Kier molecular flexibility index (Phi) is 4.50. The average molecular weight is 324 g/mol. The second-order valence-corrected chi connectivity index (χ2v) is 8.72. The van der Waals surface area contributed by atoms with Gasteiger partial charge in [-0.2, -0.15) is 0 Å². The highest BCUT2D eigenvalue weighted by Gasteiger charge is 2.45. The molecule has 0 bridgehead atoms. The number of rotatable bonds is 4. The van der Waals surface area contributed by atoms with Crippen LogP contribution in [0.2, 0.25) is 0 Å². The van der Waals surface area contributed by atoms with E-state index in [2.05, 4.69) is 50.3 Å². The van der Waals surface area contributed by atoms with Crippen LogP contribution in [0.1, 0.15) is 53.4 Å². The van der Waals surface area contributed by atoms with Crippen molar-refractivity contribution in [2.45, 2.75) is 56.8 Å². The summed E-state index contributed by atoms with van der Waals surface area (Å²) in [7, 11) is 0. The second-order valence-electron chi connectivity index (χ2n) is 6.03. The summed E-state index contributed by atoms with van der Waals surface area (Å²) < 4.78 is 0.387. The van der Waals surface area contributed by atoms with Crippen molar-refractivity contribution in [3.05, 3.63) is 0 Å². The summed E-state index contributed by atoms with van der Waals surface area (Å²) in [4.78, 5) is 0. The number of hydrogen-bond acceptors (Lipinski definition) is 1. The van der Waals surface area contributed by atoms with E-state index in [-0.39, 0.29) is 0 Å².